The first kappa shape index (κ1) is 17.6. The topological polar surface area (TPSA) is 72.3 Å². The lowest BCUT2D eigenvalue weighted by atomic mass is 9.88. The van der Waals surface area contributed by atoms with Crippen LogP contribution < -0.4 is 0 Å². The van der Waals surface area contributed by atoms with Crippen LogP contribution in [0, 0.1) is 19.3 Å². The molecule has 0 spiro atoms. The standard InChI is InChI=1S/C16H26N2O3/c1-7-21-14(16(4,5)6)15-17-10(2)12(11(3)18-15)8-9-13(19)20/h14H,7-9H2,1-6H3,(H,19,20). The van der Waals surface area contributed by atoms with Crippen LogP contribution in [0.5, 0.6) is 0 Å². The summed E-state index contributed by atoms with van der Waals surface area (Å²) in [6, 6.07) is 0. The van der Waals surface area contributed by atoms with Gasteiger partial charge in [0.2, 0.25) is 0 Å². The zero-order valence-electron chi connectivity index (χ0n) is 13.9. The van der Waals surface area contributed by atoms with E-state index in [1.165, 1.54) is 0 Å². The summed E-state index contributed by atoms with van der Waals surface area (Å²) < 4.78 is 5.82. The number of aliphatic carboxylic acids is 1. The number of ether oxygens (including phenoxy) is 1. The SMILES string of the molecule is CCOC(c1nc(C)c(CCC(=O)O)c(C)n1)C(C)(C)C. The molecule has 0 amide bonds. The fraction of sp³-hybridized carbons (Fsp3) is 0.688. The molecule has 1 aromatic rings. The van der Waals surface area contributed by atoms with E-state index in [4.69, 9.17) is 9.84 Å². The third-order valence-electron chi connectivity index (χ3n) is 3.38. The fourth-order valence-corrected chi connectivity index (χ4v) is 2.35. The predicted molar refractivity (Wildman–Crippen MR) is 81.3 cm³/mol. The molecule has 5 nitrogen and oxygen atoms in total. The quantitative estimate of drug-likeness (QED) is 0.872. The summed E-state index contributed by atoms with van der Waals surface area (Å²) in [5, 5.41) is 8.82. The molecule has 0 radical (unpaired) electrons. The summed E-state index contributed by atoms with van der Waals surface area (Å²) in [7, 11) is 0. The lowest BCUT2D eigenvalue weighted by Crippen LogP contribution is -2.24. The van der Waals surface area contributed by atoms with Crippen molar-refractivity contribution in [1.82, 2.24) is 9.97 Å². The number of nitrogens with zero attached hydrogens (tertiary/aromatic N) is 2. The summed E-state index contributed by atoms with van der Waals surface area (Å²) in [5.41, 5.74) is 2.50. The van der Waals surface area contributed by atoms with Crippen LogP contribution in [0.2, 0.25) is 0 Å². The summed E-state index contributed by atoms with van der Waals surface area (Å²) in [6.07, 6.45) is 0.383. The van der Waals surface area contributed by atoms with Crippen molar-refractivity contribution < 1.29 is 14.6 Å². The van der Waals surface area contributed by atoms with Crippen molar-refractivity contribution >= 4 is 5.97 Å². The van der Waals surface area contributed by atoms with Crippen LogP contribution in [0.1, 0.15) is 63.0 Å². The third kappa shape index (κ3) is 4.77. The number of aryl methyl sites for hydroxylation is 2. The minimum absolute atomic E-state index is 0.0958. The first-order valence-corrected chi connectivity index (χ1v) is 7.34. The molecular weight excluding hydrogens is 268 g/mol. The molecule has 0 saturated heterocycles. The number of hydrogen-bond donors (Lipinski definition) is 1. The van der Waals surface area contributed by atoms with Gasteiger partial charge in [-0.2, -0.15) is 0 Å². The molecule has 0 bridgehead atoms. The molecule has 0 aliphatic carbocycles. The van der Waals surface area contributed by atoms with E-state index in [1.807, 2.05) is 20.8 Å². The van der Waals surface area contributed by atoms with Gasteiger partial charge in [0.05, 0.1) is 0 Å². The van der Waals surface area contributed by atoms with Crippen LogP contribution in [-0.4, -0.2) is 27.7 Å². The van der Waals surface area contributed by atoms with Crippen molar-refractivity contribution in [3.8, 4) is 0 Å². The molecule has 0 aliphatic heterocycles. The van der Waals surface area contributed by atoms with Gasteiger partial charge in [-0.1, -0.05) is 20.8 Å². The predicted octanol–water partition coefficient (Wildman–Crippen LogP) is 3.23. The molecule has 5 heteroatoms. The van der Waals surface area contributed by atoms with E-state index in [2.05, 4.69) is 30.7 Å². The van der Waals surface area contributed by atoms with E-state index < -0.39 is 5.97 Å². The minimum Gasteiger partial charge on any atom is -0.481 e. The summed E-state index contributed by atoms with van der Waals surface area (Å²) in [5.74, 6) is -0.127. The van der Waals surface area contributed by atoms with Gasteiger partial charge in [0.25, 0.3) is 0 Å². The molecule has 0 aliphatic rings. The van der Waals surface area contributed by atoms with Gasteiger partial charge in [-0.3, -0.25) is 4.79 Å². The Kier molecular flexibility index (Phi) is 5.84. The van der Waals surface area contributed by atoms with Crippen molar-refractivity contribution in [2.75, 3.05) is 6.61 Å². The van der Waals surface area contributed by atoms with E-state index in [1.54, 1.807) is 0 Å². The zero-order valence-corrected chi connectivity index (χ0v) is 13.9. The normalized spacial score (nSPS) is 13.2. The largest absolute Gasteiger partial charge is 0.481 e. The highest BCUT2D eigenvalue weighted by Crippen LogP contribution is 2.34. The Labute approximate surface area is 126 Å². The van der Waals surface area contributed by atoms with Gasteiger partial charge < -0.3 is 9.84 Å². The number of hydrogen-bond acceptors (Lipinski definition) is 4. The van der Waals surface area contributed by atoms with Crippen LogP contribution in [-0.2, 0) is 16.0 Å². The summed E-state index contributed by atoms with van der Waals surface area (Å²) in [4.78, 5) is 19.9. The van der Waals surface area contributed by atoms with Crippen LogP contribution in [0.15, 0.2) is 0 Å². The summed E-state index contributed by atoms with van der Waals surface area (Å²) >= 11 is 0. The molecule has 1 N–H and O–H groups in total. The molecule has 0 fully saturated rings. The van der Waals surface area contributed by atoms with Crippen LogP contribution in [0.3, 0.4) is 0 Å². The molecule has 21 heavy (non-hydrogen) atoms. The second-order valence-electron chi connectivity index (χ2n) is 6.33. The Hall–Kier alpha value is -1.49. The Morgan fingerprint density at radius 3 is 2.14 bits per heavy atom. The average molecular weight is 294 g/mol. The Morgan fingerprint density at radius 1 is 1.24 bits per heavy atom. The van der Waals surface area contributed by atoms with E-state index in [0.717, 1.165) is 17.0 Å². The highest BCUT2D eigenvalue weighted by molar-refractivity contribution is 5.67. The fourth-order valence-electron chi connectivity index (χ4n) is 2.35. The van der Waals surface area contributed by atoms with Gasteiger partial charge in [-0.25, -0.2) is 9.97 Å². The van der Waals surface area contributed by atoms with Crippen molar-refractivity contribution in [3.05, 3.63) is 22.8 Å². The van der Waals surface area contributed by atoms with E-state index >= 15 is 0 Å². The van der Waals surface area contributed by atoms with Gasteiger partial charge >= 0.3 is 5.97 Å². The first-order chi connectivity index (χ1) is 9.66. The van der Waals surface area contributed by atoms with Gasteiger partial charge in [0.1, 0.15) is 6.10 Å². The molecule has 0 saturated carbocycles. The maximum absolute atomic E-state index is 10.7. The van der Waals surface area contributed by atoms with Crippen LogP contribution >= 0.6 is 0 Å². The lowest BCUT2D eigenvalue weighted by Gasteiger charge is -2.29. The van der Waals surface area contributed by atoms with Gasteiger partial charge in [-0.15, -0.1) is 0 Å². The Bertz CT molecular complexity index is 484. The smallest absolute Gasteiger partial charge is 0.303 e. The van der Waals surface area contributed by atoms with Crippen molar-refractivity contribution in [1.29, 1.82) is 0 Å². The van der Waals surface area contributed by atoms with E-state index in [9.17, 15) is 4.79 Å². The summed E-state index contributed by atoms with van der Waals surface area (Å²) in [6.45, 7) is 12.7. The van der Waals surface area contributed by atoms with Crippen molar-refractivity contribution in [2.45, 2.75) is 60.5 Å². The average Bonchev–Trinajstić information content (AvgIpc) is 2.32. The second-order valence-corrected chi connectivity index (χ2v) is 6.33. The number of carboxylic acids is 1. The highest BCUT2D eigenvalue weighted by Gasteiger charge is 2.30. The van der Waals surface area contributed by atoms with Gasteiger partial charge in [-0.05, 0) is 38.2 Å². The molecule has 1 aromatic heterocycles. The maximum atomic E-state index is 10.7. The first-order valence-electron chi connectivity index (χ1n) is 7.34. The molecule has 1 heterocycles. The maximum Gasteiger partial charge on any atom is 0.303 e. The van der Waals surface area contributed by atoms with E-state index in [-0.39, 0.29) is 17.9 Å². The molecular formula is C16H26N2O3. The van der Waals surface area contributed by atoms with Crippen molar-refractivity contribution in [3.63, 3.8) is 0 Å². The number of aromatic nitrogens is 2. The zero-order chi connectivity index (χ0) is 16.2. The Morgan fingerprint density at radius 2 is 1.76 bits per heavy atom. The molecule has 1 atom stereocenters. The monoisotopic (exact) mass is 294 g/mol. The highest BCUT2D eigenvalue weighted by atomic mass is 16.5. The lowest BCUT2D eigenvalue weighted by molar-refractivity contribution is -0.136. The van der Waals surface area contributed by atoms with E-state index in [0.29, 0.717) is 18.9 Å². The van der Waals surface area contributed by atoms with Crippen LogP contribution in [0.25, 0.3) is 0 Å². The molecule has 1 unspecified atom stereocenters. The number of carbonyl (C=O) groups is 1. The van der Waals surface area contributed by atoms with Crippen LogP contribution in [0.4, 0.5) is 0 Å². The number of rotatable bonds is 6. The Balaban J connectivity index is 3.13. The third-order valence-corrected chi connectivity index (χ3v) is 3.38. The molecule has 118 valence electrons. The van der Waals surface area contributed by atoms with Gasteiger partial charge in [0.15, 0.2) is 5.82 Å². The van der Waals surface area contributed by atoms with Crippen molar-refractivity contribution in [2.24, 2.45) is 5.41 Å². The van der Waals surface area contributed by atoms with Gasteiger partial charge in [0, 0.05) is 24.4 Å². The minimum atomic E-state index is -0.806. The second kappa shape index (κ2) is 6.98. The number of carboxylic acid groups (broad SMARTS) is 1. The molecule has 1 rings (SSSR count). The molecule has 0 aromatic carbocycles.